The van der Waals surface area contributed by atoms with Crippen molar-refractivity contribution in [2.75, 3.05) is 13.4 Å². The first kappa shape index (κ1) is 20.9. The summed E-state index contributed by atoms with van der Waals surface area (Å²) in [7, 11) is -2.12. The van der Waals surface area contributed by atoms with E-state index in [-0.39, 0.29) is 11.4 Å². The summed E-state index contributed by atoms with van der Waals surface area (Å²) in [5.41, 5.74) is 2.93. The van der Waals surface area contributed by atoms with Gasteiger partial charge >= 0.3 is 5.97 Å². The second-order valence-electron chi connectivity index (χ2n) is 6.74. The van der Waals surface area contributed by atoms with E-state index in [2.05, 4.69) is 4.99 Å². The maximum Gasteiger partial charge on any atom is 0.325 e. The van der Waals surface area contributed by atoms with E-state index in [1.807, 2.05) is 19.9 Å². The molecule has 0 aliphatic rings. The van der Waals surface area contributed by atoms with Gasteiger partial charge in [-0.2, -0.15) is 4.99 Å². The van der Waals surface area contributed by atoms with Crippen molar-refractivity contribution in [3.05, 3.63) is 57.9 Å². The van der Waals surface area contributed by atoms with Crippen molar-refractivity contribution in [2.24, 2.45) is 4.99 Å². The van der Waals surface area contributed by atoms with Gasteiger partial charge in [-0.15, -0.1) is 0 Å². The fraction of sp³-hybridized carbons (Fsp3) is 0.250. The second kappa shape index (κ2) is 7.92. The molecule has 3 rings (SSSR count). The van der Waals surface area contributed by atoms with Crippen molar-refractivity contribution in [2.45, 2.75) is 25.3 Å². The third-order valence-corrected chi connectivity index (χ3v) is 6.41. The number of fused-ring (bicyclic) bond motifs is 1. The number of thiazole rings is 1. The molecular weight excluding hydrogens is 412 g/mol. The quantitative estimate of drug-likeness (QED) is 0.591. The van der Waals surface area contributed by atoms with E-state index in [0.717, 1.165) is 28.7 Å². The number of sulfone groups is 1. The lowest BCUT2D eigenvalue weighted by Crippen LogP contribution is -2.22. The highest BCUT2D eigenvalue weighted by Crippen LogP contribution is 2.22. The molecule has 2 aromatic carbocycles. The average Bonchev–Trinajstić information content (AvgIpc) is 2.96. The number of rotatable bonds is 4. The van der Waals surface area contributed by atoms with Crippen molar-refractivity contribution >= 4 is 43.3 Å². The van der Waals surface area contributed by atoms with Gasteiger partial charge in [0.2, 0.25) is 0 Å². The van der Waals surface area contributed by atoms with E-state index in [1.165, 1.54) is 19.2 Å². The molecule has 0 saturated heterocycles. The summed E-state index contributed by atoms with van der Waals surface area (Å²) in [5, 5.41) is 0. The monoisotopic (exact) mass is 432 g/mol. The fourth-order valence-corrected chi connectivity index (χ4v) is 4.75. The lowest BCUT2D eigenvalue weighted by atomic mass is 10.1. The number of esters is 1. The molecule has 9 heteroatoms. The zero-order valence-corrected chi connectivity index (χ0v) is 18.1. The summed E-state index contributed by atoms with van der Waals surface area (Å²) in [6.45, 7) is 3.65. The molecule has 3 aromatic rings. The maximum atomic E-state index is 12.7. The first-order valence-corrected chi connectivity index (χ1v) is 11.4. The Balaban J connectivity index is 2.21. The third-order valence-electron chi connectivity index (χ3n) is 4.26. The molecule has 0 bridgehead atoms. The van der Waals surface area contributed by atoms with Crippen LogP contribution in [-0.4, -0.2) is 38.2 Å². The Morgan fingerprint density at radius 1 is 1.10 bits per heavy atom. The van der Waals surface area contributed by atoms with E-state index in [0.29, 0.717) is 20.6 Å². The standard InChI is InChI=1S/C20H20N2O5S2/c1-12-7-13(2)9-14(8-12)19(24)21-20-22(11-18(23)27-3)16-6-5-15(29(4,25)26)10-17(16)28-20/h5-10H,11H2,1-4H3. The van der Waals surface area contributed by atoms with Gasteiger partial charge < -0.3 is 9.30 Å². The Kier molecular flexibility index (Phi) is 5.72. The molecule has 0 saturated carbocycles. The average molecular weight is 433 g/mol. The lowest BCUT2D eigenvalue weighted by Gasteiger charge is -2.05. The Morgan fingerprint density at radius 2 is 1.76 bits per heavy atom. The number of benzene rings is 2. The van der Waals surface area contributed by atoms with Crippen molar-refractivity contribution in [3.8, 4) is 0 Å². The molecule has 1 amide bonds. The highest BCUT2D eigenvalue weighted by Gasteiger charge is 2.15. The van der Waals surface area contributed by atoms with Crippen LogP contribution in [-0.2, 0) is 25.9 Å². The molecule has 152 valence electrons. The number of nitrogens with zero attached hydrogens (tertiary/aromatic N) is 2. The van der Waals surface area contributed by atoms with Crippen LogP contribution in [0.2, 0.25) is 0 Å². The summed E-state index contributed by atoms with van der Waals surface area (Å²) in [6.07, 6.45) is 1.12. The molecule has 0 aliphatic carbocycles. The van der Waals surface area contributed by atoms with Gasteiger partial charge in [0.05, 0.1) is 22.2 Å². The highest BCUT2D eigenvalue weighted by atomic mass is 32.2. The normalized spacial score (nSPS) is 12.3. The van der Waals surface area contributed by atoms with E-state index >= 15 is 0 Å². The topological polar surface area (TPSA) is 94.8 Å². The van der Waals surface area contributed by atoms with Crippen LogP contribution in [0.4, 0.5) is 0 Å². The largest absolute Gasteiger partial charge is 0.468 e. The number of carbonyl (C=O) groups excluding carboxylic acids is 2. The van der Waals surface area contributed by atoms with Crippen molar-refractivity contribution in [1.82, 2.24) is 4.57 Å². The van der Waals surface area contributed by atoms with Gasteiger partial charge in [-0.1, -0.05) is 28.5 Å². The molecular formula is C20H20N2O5S2. The molecule has 0 unspecified atom stereocenters. The number of ether oxygens (including phenoxy) is 1. The minimum Gasteiger partial charge on any atom is -0.468 e. The summed E-state index contributed by atoms with van der Waals surface area (Å²) in [5.74, 6) is -0.942. The molecule has 7 nitrogen and oxygen atoms in total. The van der Waals surface area contributed by atoms with Crippen molar-refractivity contribution in [1.29, 1.82) is 0 Å². The number of aromatic nitrogens is 1. The van der Waals surface area contributed by atoms with E-state index < -0.39 is 21.7 Å². The van der Waals surface area contributed by atoms with Crippen LogP contribution < -0.4 is 4.80 Å². The molecule has 1 heterocycles. The molecule has 0 radical (unpaired) electrons. The molecule has 29 heavy (non-hydrogen) atoms. The number of carbonyl (C=O) groups is 2. The Labute approximate surface area is 172 Å². The minimum absolute atomic E-state index is 0.145. The van der Waals surface area contributed by atoms with Gasteiger partial charge in [0.25, 0.3) is 5.91 Å². The third kappa shape index (κ3) is 4.63. The van der Waals surface area contributed by atoms with Crippen molar-refractivity contribution in [3.63, 3.8) is 0 Å². The number of amides is 1. The van der Waals surface area contributed by atoms with Gasteiger partial charge in [-0.3, -0.25) is 9.59 Å². The zero-order valence-electron chi connectivity index (χ0n) is 16.4. The van der Waals surface area contributed by atoms with Crippen LogP contribution in [0, 0.1) is 13.8 Å². The van der Waals surface area contributed by atoms with Gasteiger partial charge in [0.1, 0.15) is 6.54 Å². The summed E-state index contributed by atoms with van der Waals surface area (Å²) in [4.78, 5) is 29.3. The molecule has 0 spiro atoms. The highest BCUT2D eigenvalue weighted by molar-refractivity contribution is 7.90. The predicted octanol–water partition coefficient (Wildman–Crippen LogP) is 2.64. The first-order valence-electron chi connectivity index (χ1n) is 8.66. The molecule has 1 aromatic heterocycles. The summed E-state index contributed by atoms with van der Waals surface area (Å²) in [6, 6.07) is 10.0. The fourth-order valence-electron chi connectivity index (χ4n) is 2.97. The van der Waals surface area contributed by atoms with Gasteiger partial charge in [0, 0.05) is 11.8 Å². The smallest absolute Gasteiger partial charge is 0.325 e. The predicted molar refractivity (Wildman–Crippen MR) is 111 cm³/mol. The molecule has 0 aliphatic heterocycles. The van der Waals surface area contributed by atoms with Gasteiger partial charge in [-0.25, -0.2) is 8.42 Å². The minimum atomic E-state index is -3.39. The van der Waals surface area contributed by atoms with Crippen LogP contribution in [0.5, 0.6) is 0 Å². The van der Waals surface area contributed by atoms with Crippen LogP contribution in [0.25, 0.3) is 10.2 Å². The SMILES string of the molecule is COC(=O)Cn1c(=NC(=O)c2cc(C)cc(C)c2)sc2cc(S(C)(=O)=O)ccc21. The van der Waals surface area contributed by atoms with Crippen LogP contribution in [0.1, 0.15) is 21.5 Å². The van der Waals surface area contributed by atoms with Crippen LogP contribution >= 0.6 is 11.3 Å². The summed E-state index contributed by atoms with van der Waals surface area (Å²) >= 11 is 1.14. The Morgan fingerprint density at radius 3 is 2.34 bits per heavy atom. The van der Waals surface area contributed by atoms with E-state index in [1.54, 1.807) is 22.8 Å². The molecule has 0 N–H and O–H groups in total. The number of hydrogen-bond donors (Lipinski definition) is 0. The van der Waals surface area contributed by atoms with E-state index in [4.69, 9.17) is 4.74 Å². The Bertz CT molecular complexity index is 1280. The van der Waals surface area contributed by atoms with Gasteiger partial charge in [-0.05, 0) is 44.2 Å². The molecule has 0 fully saturated rings. The van der Waals surface area contributed by atoms with Crippen LogP contribution in [0.15, 0.2) is 46.3 Å². The second-order valence-corrected chi connectivity index (χ2v) is 9.77. The van der Waals surface area contributed by atoms with Gasteiger partial charge in [0.15, 0.2) is 14.6 Å². The number of hydrogen-bond acceptors (Lipinski definition) is 6. The lowest BCUT2D eigenvalue weighted by molar-refractivity contribution is -0.141. The van der Waals surface area contributed by atoms with E-state index in [9.17, 15) is 18.0 Å². The number of aryl methyl sites for hydroxylation is 2. The zero-order chi connectivity index (χ0) is 21.3. The van der Waals surface area contributed by atoms with Crippen molar-refractivity contribution < 1.29 is 22.7 Å². The Hall–Kier alpha value is -2.78. The number of methoxy groups -OCH3 is 1. The van der Waals surface area contributed by atoms with Crippen LogP contribution in [0.3, 0.4) is 0 Å². The first-order chi connectivity index (χ1) is 13.6. The molecule has 0 atom stereocenters. The maximum absolute atomic E-state index is 12.7. The summed E-state index contributed by atoms with van der Waals surface area (Å²) < 4.78 is 30.6.